The number of aliphatic hydroxyl groups is 3. The van der Waals surface area contributed by atoms with Crippen molar-refractivity contribution >= 4 is 59.7 Å². The van der Waals surface area contributed by atoms with Crippen molar-refractivity contribution in [1.29, 1.82) is 0 Å². The van der Waals surface area contributed by atoms with Gasteiger partial charge >= 0.3 is 59.7 Å². The molecule has 10 aromatic rings. The van der Waals surface area contributed by atoms with Gasteiger partial charge in [0.05, 0.1) is 68.8 Å². The monoisotopic (exact) mass is 1960 g/mol. The third-order valence-electron chi connectivity index (χ3n) is 24.5. The summed E-state index contributed by atoms with van der Waals surface area (Å²) in [6.45, 7) is 6.98. The molecule has 7 aliphatic heterocycles. The van der Waals surface area contributed by atoms with Gasteiger partial charge in [0.2, 0.25) is 0 Å². The predicted octanol–water partition coefficient (Wildman–Crippen LogP) is 11.8. The van der Waals surface area contributed by atoms with Crippen LogP contribution in [-0.2, 0) is 104 Å². The second-order valence-corrected chi connectivity index (χ2v) is 35.4. The maximum absolute atomic E-state index is 14.4. The van der Waals surface area contributed by atoms with Gasteiger partial charge < -0.3 is 120 Å². The molecule has 0 saturated carbocycles. The molecule has 748 valence electrons. The van der Waals surface area contributed by atoms with Crippen molar-refractivity contribution < 1.29 is 167 Å². The van der Waals surface area contributed by atoms with E-state index in [2.05, 4.69) is 0 Å². The SMILES string of the molecule is C[C@@H]1C(OC(=O)c2ccccc2)[C@H](O[C@H]2C3OC(C)(C)O[C@H]3O[C@@H]2C(O)CO)OC(COC(=O)c2ccccc2)[C@H]1OC(=O)c1ccccc1.C[C@@H]1C(OC(=O)c2ccccc2)[C@H](O[C@H]2C3OC(C)(C)O[C@H]3O[C@@H]2C(O)CO[C@@H]2OC(COC(=O)c3ccccc3)[C@@H](OC(=O)c3ccccc3)[C@H](OC(=O)c3ccccc3)C2OC(=O)c2ccccc2)OC(COC(=O)c2ccccc2)[C@H]1OC(=O)c1ccccc1. The van der Waals surface area contributed by atoms with Crippen molar-refractivity contribution in [3.63, 3.8) is 0 Å². The minimum absolute atomic E-state index is 0.0410. The quantitative estimate of drug-likeness (QED) is 0.0254. The molecule has 35 heteroatoms. The zero-order valence-electron chi connectivity index (χ0n) is 78.2. The summed E-state index contributed by atoms with van der Waals surface area (Å²) >= 11 is 0. The van der Waals surface area contributed by atoms with Gasteiger partial charge in [-0.25, -0.2) is 47.9 Å². The third kappa shape index (κ3) is 25.3. The number of hydrogen-bond donors (Lipinski definition) is 3. The van der Waals surface area contributed by atoms with Crippen molar-refractivity contribution in [2.45, 2.75) is 194 Å². The molecule has 0 amide bonds. The van der Waals surface area contributed by atoms with Gasteiger partial charge in [-0.15, -0.1) is 0 Å². The van der Waals surface area contributed by atoms with Gasteiger partial charge in [0.15, 0.2) is 73.5 Å². The summed E-state index contributed by atoms with van der Waals surface area (Å²) in [5.41, 5.74) is 1.68. The second kappa shape index (κ2) is 47.0. The Hall–Kier alpha value is -13.7. The van der Waals surface area contributed by atoms with Crippen LogP contribution in [0.1, 0.15) is 145 Å². The summed E-state index contributed by atoms with van der Waals surface area (Å²) in [7, 11) is 0. The smallest absolute Gasteiger partial charge is 0.338 e. The van der Waals surface area contributed by atoms with E-state index in [0.717, 1.165) is 0 Å². The standard InChI is InChI=1S/C71H66O22.C37H40O13/c1-42-53(85-63(75)45-29-15-6-16-30-45)51(40-80-61(73)43-25-11-4-12-26-43)84-69(54(42)86-64(76)46-31-17-7-18-32-46)91-57-55(90-70-60(57)92-71(2,3)93-70)50(72)39-82-68-59(89-67(79)49-37-23-10-24-38-49)58(88-66(78)48-35-21-9-22-36-48)56(87-65(77)47-33-19-8-20-34-47)52(83-68)41-81-62(74)44-27-13-5-14-28-44;1-21-27(45-33(41)23-15-9-5-10-16-23)26(20-43-32(40)22-13-7-4-8-14-22)44-35(28(21)46-34(42)24-17-11-6-12-18-24)48-30-29(25(39)19-38)47-36-31(30)49-37(2,3)50-36/h4-38,42,50-60,68-70,72H,39-41H2,1-3H3;4-18,21,25-31,35-36,38-39H,19-20H2,1-3H3/t42-,50?,51?,52?,53-,54?,55+,56+,57+,58-,59?,60?,68+,69-,70+;21-,25?,26?,27-,28?,29+,30+,31?,35-,36+/m00/s1. The van der Waals surface area contributed by atoms with E-state index in [1.165, 1.54) is 60.7 Å². The zero-order valence-corrected chi connectivity index (χ0v) is 78.2. The summed E-state index contributed by atoms with van der Waals surface area (Å²) in [6, 6.07) is 80.7. The van der Waals surface area contributed by atoms with Crippen LogP contribution in [0.15, 0.2) is 303 Å². The fraction of sp³-hybridized carbons (Fsp3) is 0.352. The summed E-state index contributed by atoms with van der Waals surface area (Å²) < 4.78 is 137. The third-order valence-corrected chi connectivity index (χ3v) is 24.5. The number of aliphatic hydroxyl groups excluding tert-OH is 3. The number of ether oxygens (including phenoxy) is 22. The lowest BCUT2D eigenvalue weighted by Gasteiger charge is -2.45. The minimum Gasteiger partial charge on any atom is -0.459 e. The van der Waals surface area contributed by atoms with E-state index in [9.17, 15) is 63.3 Å². The van der Waals surface area contributed by atoms with Crippen molar-refractivity contribution in [3.8, 4) is 0 Å². The molecule has 25 atom stereocenters. The topological polar surface area (TPSA) is 434 Å². The first-order valence-corrected chi connectivity index (χ1v) is 46.5. The first-order chi connectivity index (χ1) is 69.1. The van der Waals surface area contributed by atoms with Crippen LogP contribution in [0.5, 0.6) is 0 Å². The van der Waals surface area contributed by atoms with Crippen molar-refractivity contribution in [1.82, 2.24) is 0 Å². The molecular weight excluding hydrogens is 1860 g/mol. The Kier molecular flexibility index (Phi) is 33.6. The molecule has 3 N–H and O–H groups in total. The number of carbonyl (C=O) groups excluding carboxylic acids is 10. The molecule has 10 unspecified atom stereocenters. The van der Waals surface area contributed by atoms with Gasteiger partial charge in [-0.05, 0) is 149 Å². The fourth-order valence-electron chi connectivity index (χ4n) is 17.4. The van der Waals surface area contributed by atoms with Crippen LogP contribution in [0.2, 0.25) is 0 Å². The number of fused-ring (bicyclic) bond motifs is 2. The molecule has 7 heterocycles. The highest BCUT2D eigenvalue weighted by Gasteiger charge is 2.63. The molecular formula is C108H106O35. The Morgan fingerprint density at radius 3 is 0.783 bits per heavy atom. The van der Waals surface area contributed by atoms with Gasteiger partial charge in [-0.2, -0.15) is 0 Å². The van der Waals surface area contributed by atoms with Crippen LogP contribution in [0.25, 0.3) is 0 Å². The Labute approximate surface area is 821 Å². The Morgan fingerprint density at radius 2 is 0.503 bits per heavy atom. The van der Waals surface area contributed by atoms with Crippen LogP contribution in [0.3, 0.4) is 0 Å². The summed E-state index contributed by atoms with van der Waals surface area (Å²) in [4.78, 5) is 138. The molecule has 0 aromatic heterocycles. The highest BCUT2D eigenvalue weighted by atomic mass is 16.9. The Bertz CT molecular complexity index is 5920. The predicted molar refractivity (Wildman–Crippen MR) is 496 cm³/mol. The van der Waals surface area contributed by atoms with Gasteiger partial charge in [0.25, 0.3) is 0 Å². The van der Waals surface area contributed by atoms with E-state index in [4.69, 9.17) is 104 Å². The summed E-state index contributed by atoms with van der Waals surface area (Å²) in [5.74, 6) is -12.1. The normalized spacial score (nSPS) is 27.9. The van der Waals surface area contributed by atoms with Crippen LogP contribution < -0.4 is 0 Å². The molecule has 143 heavy (non-hydrogen) atoms. The van der Waals surface area contributed by atoms with Crippen LogP contribution >= 0.6 is 0 Å². The Balaban J connectivity index is 0.000000246. The maximum atomic E-state index is 14.4. The first-order valence-electron chi connectivity index (χ1n) is 46.5. The van der Waals surface area contributed by atoms with Gasteiger partial charge in [0.1, 0.15) is 99.2 Å². The molecule has 0 radical (unpaired) electrons. The van der Waals surface area contributed by atoms with Crippen LogP contribution in [0.4, 0.5) is 0 Å². The van der Waals surface area contributed by atoms with Crippen LogP contribution in [-0.4, -0.2) is 261 Å². The van der Waals surface area contributed by atoms with Gasteiger partial charge in [0, 0.05) is 11.8 Å². The lowest BCUT2D eigenvalue weighted by Crippen LogP contribution is -2.63. The molecule has 17 rings (SSSR count). The zero-order chi connectivity index (χ0) is 100. The maximum Gasteiger partial charge on any atom is 0.338 e. The van der Waals surface area contributed by atoms with E-state index in [1.54, 1.807) is 284 Å². The van der Waals surface area contributed by atoms with Crippen molar-refractivity contribution in [2.75, 3.05) is 33.0 Å². The lowest BCUT2D eigenvalue weighted by atomic mass is 9.90. The number of hydrogen-bond acceptors (Lipinski definition) is 35. The largest absolute Gasteiger partial charge is 0.459 e. The van der Waals surface area contributed by atoms with Gasteiger partial charge in [-0.3, -0.25) is 0 Å². The number of esters is 10. The lowest BCUT2D eigenvalue weighted by molar-refractivity contribution is -0.319. The molecule has 0 aliphatic carbocycles. The van der Waals surface area contributed by atoms with E-state index in [1.807, 2.05) is 0 Å². The van der Waals surface area contributed by atoms with Crippen LogP contribution in [0, 0.1) is 11.8 Å². The van der Waals surface area contributed by atoms with Crippen molar-refractivity contribution in [3.05, 3.63) is 359 Å². The molecule has 7 aliphatic rings. The van der Waals surface area contributed by atoms with Gasteiger partial charge in [-0.1, -0.05) is 196 Å². The summed E-state index contributed by atoms with van der Waals surface area (Å²) in [6.07, 6.45) is -31.8. The molecule has 0 spiro atoms. The minimum atomic E-state index is -1.86. The average Bonchev–Trinajstić information content (AvgIpc) is 0.867. The summed E-state index contributed by atoms with van der Waals surface area (Å²) in [5, 5.41) is 33.2. The highest BCUT2D eigenvalue weighted by molar-refractivity contribution is 5.94. The Morgan fingerprint density at radius 1 is 0.273 bits per heavy atom. The molecule has 7 saturated heterocycles. The number of carbonyl (C=O) groups is 10. The highest BCUT2D eigenvalue weighted by Crippen LogP contribution is 2.46. The first kappa shape index (κ1) is 102. The fourth-order valence-corrected chi connectivity index (χ4v) is 17.4. The molecule has 10 aromatic carbocycles. The van der Waals surface area contributed by atoms with E-state index >= 15 is 0 Å². The van der Waals surface area contributed by atoms with E-state index in [-0.39, 0.29) is 56.7 Å². The second-order valence-electron chi connectivity index (χ2n) is 35.4. The molecule has 35 nitrogen and oxygen atoms in total. The average molecular weight is 1960 g/mol. The molecule has 0 bridgehead atoms. The number of benzene rings is 10. The molecule has 7 fully saturated rings. The van der Waals surface area contributed by atoms with E-state index in [0.29, 0.717) is 5.56 Å². The number of rotatable bonds is 33. The van der Waals surface area contributed by atoms with E-state index < -0.39 is 251 Å². The van der Waals surface area contributed by atoms with Crippen molar-refractivity contribution in [2.24, 2.45) is 11.8 Å².